The first-order chi connectivity index (χ1) is 9.74. The zero-order chi connectivity index (χ0) is 14.8. The van der Waals surface area contributed by atoms with Crippen LogP contribution in [0.15, 0.2) is 28.2 Å². The topological polar surface area (TPSA) is 40.0 Å². The molecule has 6 heteroatoms. The van der Waals surface area contributed by atoms with E-state index >= 15 is 0 Å². The molecule has 0 amide bonds. The van der Waals surface area contributed by atoms with Gasteiger partial charge in [-0.3, -0.25) is 0 Å². The number of aliphatic imine (C=N–C) groups is 2. The third-order valence-electron chi connectivity index (χ3n) is 2.96. The molecule has 0 saturated carbocycles. The minimum atomic E-state index is 0.707. The highest BCUT2D eigenvalue weighted by atomic mass is 32.1. The molecule has 0 saturated heterocycles. The zero-order valence-electron chi connectivity index (χ0n) is 11.7. The van der Waals surface area contributed by atoms with Crippen LogP contribution in [0.1, 0.15) is 13.8 Å². The number of hydrogen-bond acceptors (Lipinski definition) is 6. The summed E-state index contributed by atoms with van der Waals surface area (Å²) in [6, 6.07) is 5.58. The van der Waals surface area contributed by atoms with E-state index in [1.54, 1.807) is 6.07 Å². The fraction of sp³-hybridized carbons (Fsp3) is 0.429. The molecule has 106 valence electrons. The van der Waals surface area contributed by atoms with Crippen molar-refractivity contribution >= 4 is 51.8 Å². The summed E-state index contributed by atoms with van der Waals surface area (Å²) in [6.07, 6.45) is 0. The lowest BCUT2D eigenvalue weighted by Crippen LogP contribution is -2.28. The van der Waals surface area contributed by atoms with Crippen LogP contribution in [0.2, 0.25) is 0 Å². The molecule has 0 fully saturated rings. The van der Waals surface area contributed by atoms with E-state index in [1.165, 1.54) is 0 Å². The fourth-order valence-electron chi connectivity index (χ4n) is 1.82. The molecule has 0 bridgehead atoms. The lowest BCUT2D eigenvalue weighted by Gasteiger charge is -2.18. The second-order valence-corrected chi connectivity index (χ2v) is 4.43. The Morgan fingerprint density at radius 3 is 2.45 bits per heavy atom. The van der Waals surface area contributed by atoms with Gasteiger partial charge in [0.15, 0.2) is 0 Å². The smallest absolute Gasteiger partial charge is 0.0992 e. The molecular weight excluding hydrogens is 288 g/mol. The molecular formula is C14H18N4S2. The Labute approximate surface area is 130 Å². The number of anilines is 1. The highest BCUT2D eigenvalue weighted by molar-refractivity contribution is 7.78. The van der Waals surface area contributed by atoms with Gasteiger partial charge in [0.05, 0.1) is 27.4 Å². The minimum absolute atomic E-state index is 0.707. The Morgan fingerprint density at radius 1 is 1.15 bits per heavy atom. The third kappa shape index (κ3) is 5.29. The number of likely N-dealkylation sites (N-methyl/N-ethyl adjacent to an activating group) is 1. The van der Waals surface area contributed by atoms with Crippen molar-refractivity contribution in [2.24, 2.45) is 9.98 Å². The molecule has 0 aliphatic carbocycles. The molecule has 0 heterocycles. The van der Waals surface area contributed by atoms with Gasteiger partial charge in [0.1, 0.15) is 0 Å². The normalized spacial score (nSPS) is 9.75. The summed E-state index contributed by atoms with van der Waals surface area (Å²) >= 11 is 9.27. The second kappa shape index (κ2) is 9.48. The Bertz CT molecular complexity index is 528. The molecule has 1 rings (SSSR count). The summed E-state index contributed by atoms with van der Waals surface area (Å²) in [5.41, 5.74) is 2.34. The number of isothiocyanates is 2. The number of benzene rings is 1. The van der Waals surface area contributed by atoms with Crippen LogP contribution in [0.3, 0.4) is 0 Å². The van der Waals surface area contributed by atoms with Gasteiger partial charge in [0.25, 0.3) is 0 Å². The number of hydrogen-bond donors (Lipinski definition) is 1. The van der Waals surface area contributed by atoms with Gasteiger partial charge in [-0.1, -0.05) is 13.8 Å². The van der Waals surface area contributed by atoms with Crippen LogP contribution in [0, 0.1) is 0 Å². The predicted molar refractivity (Wildman–Crippen MR) is 92.1 cm³/mol. The van der Waals surface area contributed by atoms with Crippen molar-refractivity contribution in [3.8, 4) is 0 Å². The lowest BCUT2D eigenvalue weighted by atomic mass is 10.2. The Kier molecular flexibility index (Phi) is 7.88. The Balaban J connectivity index is 2.78. The van der Waals surface area contributed by atoms with E-state index in [0.717, 1.165) is 31.9 Å². The van der Waals surface area contributed by atoms with E-state index in [1.807, 2.05) is 12.1 Å². The fourth-order valence-corrected chi connectivity index (χ4v) is 2.03. The van der Waals surface area contributed by atoms with Gasteiger partial charge >= 0.3 is 0 Å². The summed E-state index contributed by atoms with van der Waals surface area (Å²) in [5.74, 6) is 0. The molecule has 0 aliphatic heterocycles. The first kappa shape index (κ1) is 16.6. The molecule has 0 aliphatic rings. The van der Waals surface area contributed by atoms with Gasteiger partial charge in [-0.2, -0.15) is 9.98 Å². The second-order valence-electron chi connectivity index (χ2n) is 4.06. The zero-order valence-corrected chi connectivity index (χ0v) is 13.4. The average molecular weight is 306 g/mol. The van der Waals surface area contributed by atoms with Crippen LogP contribution < -0.4 is 5.32 Å². The molecule has 1 N–H and O–H groups in total. The minimum Gasteiger partial charge on any atom is -0.382 e. The largest absolute Gasteiger partial charge is 0.382 e. The van der Waals surface area contributed by atoms with Gasteiger partial charge in [-0.15, -0.1) is 0 Å². The molecule has 1 aromatic carbocycles. The SMILES string of the molecule is CCN(CC)CCNc1ccc(N=C=S)cc1N=C=S. The summed E-state index contributed by atoms with van der Waals surface area (Å²) < 4.78 is 0. The number of nitrogens with one attached hydrogen (secondary N) is 1. The van der Waals surface area contributed by atoms with E-state index in [0.29, 0.717) is 11.4 Å². The van der Waals surface area contributed by atoms with Crippen molar-refractivity contribution < 1.29 is 0 Å². The number of rotatable bonds is 8. The maximum atomic E-state index is 4.67. The van der Waals surface area contributed by atoms with Crippen molar-refractivity contribution in [3.05, 3.63) is 18.2 Å². The molecule has 0 aromatic heterocycles. The highest BCUT2D eigenvalue weighted by Crippen LogP contribution is 2.29. The summed E-state index contributed by atoms with van der Waals surface area (Å²) in [7, 11) is 0. The van der Waals surface area contributed by atoms with Crippen molar-refractivity contribution in [1.29, 1.82) is 0 Å². The van der Waals surface area contributed by atoms with Crippen molar-refractivity contribution in [1.82, 2.24) is 4.90 Å². The maximum absolute atomic E-state index is 4.67. The molecule has 4 nitrogen and oxygen atoms in total. The lowest BCUT2D eigenvalue weighted by molar-refractivity contribution is 0.316. The standard InChI is InChI=1S/C14H18N4S2/c1-3-18(4-2)8-7-15-13-6-5-12(16-10-19)9-14(13)17-11-20/h5-6,9,15H,3-4,7-8H2,1-2H3. The van der Waals surface area contributed by atoms with Gasteiger partial charge in [-0.05, 0) is 55.7 Å². The monoisotopic (exact) mass is 306 g/mol. The average Bonchev–Trinajstić information content (AvgIpc) is 2.46. The Hall–Kier alpha value is -1.42. The number of thiocarbonyl (C=S) groups is 2. The summed E-state index contributed by atoms with van der Waals surface area (Å²) in [4.78, 5) is 10.3. The molecule has 0 radical (unpaired) electrons. The van der Waals surface area contributed by atoms with Crippen LogP contribution in [-0.2, 0) is 0 Å². The van der Waals surface area contributed by atoms with Crippen LogP contribution in [0.5, 0.6) is 0 Å². The molecule has 0 atom stereocenters. The van der Waals surface area contributed by atoms with Crippen LogP contribution in [-0.4, -0.2) is 41.4 Å². The summed E-state index contributed by atoms with van der Waals surface area (Å²) in [5, 5.41) is 8.08. The van der Waals surface area contributed by atoms with E-state index in [-0.39, 0.29) is 0 Å². The van der Waals surface area contributed by atoms with Gasteiger partial charge in [-0.25, -0.2) is 0 Å². The van der Waals surface area contributed by atoms with Crippen LogP contribution in [0.4, 0.5) is 17.1 Å². The van der Waals surface area contributed by atoms with Gasteiger partial charge < -0.3 is 10.2 Å². The quantitative estimate of drug-likeness (QED) is 0.584. The number of nitrogens with zero attached hydrogens (tertiary/aromatic N) is 3. The molecule has 20 heavy (non-hydrogen) atoms. The maximum Gasteiger partial charge on any atom is 0.0992 e. The van der Waals surface area contributed by atoms with Crippen molar-refractivity contribution in [2.45, 2.75) is 13.8 Å². The highest BCUT2D eigenvalue weighted by Gasteiger charge is 2.04. The van der Waals surface area contributed by atoms with Gasteiger partial charge in [0, 0.05) is 13.1 Å². The molecule has 0 spiro atoms. The van der Waals surface area contributed by atoms with E-state index in [2.05, 4.69) is 68.8 Å². The first-order valence-electron chi connectivity index (χ1n) is 6.51. The third-order valence-corrected chi connectivity index (χ3v) is 3.14. The van der Waals surface area contributed by atoms with Crippen LogP contribution >= 0.6 is 24.4 Å². The van der Waals surface area contributed by atoms with E-state index < -0.39 is 0 Å². The molecule has 1 aromatic rings. The molecule has 0 unspecified atom stereocenters. The van der Waals surface area contributed by atoms with Crippen LogP contribution in [0.25, 0.3) is 0 Å². The van der Waals surface area contributed by atoms with Crippen molar-refractivity contribution in [2.75, 3.05) is 31.5 Å². The first-order valence-corrected chi connectivity index (χ1v) is 7.32. The van der Waals surface area contributed by atoms with Gasteiger partial charge in [0.2, 0.25) is 0 Å². The van der Waals surface area contributed by atoms with E-state index in [4.69, 9.17) is 0 Å². The Morgan fingerprint density at radius 2 is 1.85 bits per heavy atom. The van der Waals surface area contributed by atoms with Crippen molar-refractivity contribution in [3.63, 3.8) is 0 Å². The predicted octanol–water partition coefficient (Wildman–Crippen LogP) is 3.91. The summed E-state index contributed by atoms with van der Waals surface area (Å²) in [6.45, 7) is 8.23. The van der Waals surface area contributed by atoms with E-state index in [9.17, 15) is 0 Å².